The number of ether oxygens (including phenoxy) is 2. The average Bonchev–Trinajstić information content (AvgIpc) is 2.74. The van der Waals surface area contributed by atoms with Gasteiger partial charge in [-0.2, -0.15) is 8.78 Å². The molecule has 2 aromatic carbocycles. The van der Waals surface area contributed by atoms with Crippen molar-refractivity contribution in [1.29, 1.82) is 0 Å². The standard InChI is InChI=1S/C24H25F7O2/c1-2-32-9-3-4-14-5-7-15(8-6-14)16-10-18(25)22(19(26)11-16)24(30,31)33-17-12-20(27)23(29)21(28)13-17/h10-15H,2-9H2,1H3. The molecule has 1 aliphatic carbocycles. The van der Waals surface area contributed by atoms with E-state index in [0.29, 0.717) is 32.0 Å². The summed E-state index contributed by atoms with van der Waals surface area (Å²) in [5.74, 6) is -9.27. The van der Waals surface area contributed by atoms with Crippen molar-refractivity contribution in [1.82, 2.24) is 0 Å². The van der Waals surface area contributed by atoms with Crippen molar-refractivity contribution >= 4 is 0 Å². The van der Waals surface area contributed by atoms with E-state index in [-0.39, 0.29) is 23.6 Å². The van der Waals surface area contributed by atoms with E-state index in [1.165, 1.54) is 0 Å². The van der Waals surface area contributed by atoms with Crippen molar-refractivity contribution in [2.45, 2.75) is 57.5 Å². The quantitative estimate of drug-likeness (QED) is 0.210. The molecule has 2 nitrogen and oxygen atoms in total. The summed E-state index contributed by atoms with van der Waals surface area (Å²) >= 11 is 0. The minimum Gasteiger partial charge on any atom is -0.429 e. The second-order valence-electron chi connectivity index (χ2n) is 8.24. The van der Waals surface area contributed by atoms with Crippen molar-refractivity contribution in [3.8, 4) is 5.75 Å². The topological polar surface area (TPSA) is 18.5 Å². The number of benzene rings is 2. The summed E-state index contributed by atoms with van der Waals surface area (Å²) in [7, 11) is 0. The molecule has 2 aromatic rings. The molecular weight excluding hydrogens is 453 g/mol. The van der Waals surface area contributed by atoms with Crippen molar-refractivity contribution in [3.05, 3.63) is 64.5 Å². The molecule has 1 fully saturated rings. The van der Waals surface area contributed by atoms with Gasteiger partial charge in [-0.15, -0.1) is 0 Å². The van der Waals surface area contributed by atoms with Gasteiger partial charge < -0.3 is 9.47 Å². The monoisotopic (exact) mass is 478 g/mol. The molecule has 0 radical (unpaired) electrons. The maximum absolute atomic E-state index is 14.6. The maximum Gasteiger partial charge on any atom is 0.432 e. The van der Waals surface area contributed by atoms with Crippen molar-refractivity contribution < 1.29 is 40.2 Å². The Labute approximate surface area is 187 Å². The van der Waals surface area contributed by atoms with Crippen molar-refractivity contribution in [2.75, 3.05) is 13.2 Å². The van der Waals surface area contributed by atoms with E-state index in [1.807, 2.05) is 6.92 Å². The van der Waals surface area contributed by atoms with Gasteiger partial charge in [0.2, 0.25) is 0 Å². The first-order valence-corrected chi connectivity index (χ1v) is 10.9. The van der Waals surface area contributed by atoms with E-state index in [2.05, 4.69) is 4.74 Å². The van der Waals surface area contributed by atoms with Crippen LogP contribution in [0.4, 0.5) is 30.7 Å². The lowest BCUT2D eigenvalue weighted by molar-refractivity contribution is -0.189. The lowest BCUT2D eigenvalue weighted by atomic mass is 9.77. The Morgan fingerprint density at radius 3 is 1.97 bits per heavy atom. The van der Waals surface area contributed by atoms with E-state index in [4.69, 9.17) is 4.74 Å². The zero-order chi connectivity index (χ0) is 24.2. The van der Waals surface area contributed by atoms with Gasteiger partial charge in [0.15, 0.2) is 17.5 Å². The summed E-state index contributed by atoms with van der Waals surface area (Å²) in [4.78, 5) is 0. The number of hydrogen-bond donors (Lipinski definition) is 0. The maximum atomic E-state index is 14.6. The summed E-state index contributed by atoms with van der Waals surface area (Å²) in [5.41, 5.74) is -1.41. The minimum atomic E-state index is -4.58. The molecule has 0 spiro atoms. The fraction of sp³-hybridized carbons (Fsp3) is 0.500. The van der Waals surface area contributed by atoms with E-state index in [0.717, 1.165) is 37.8 Å². The Hall–Kier alpha value is -2.29. The van der Waals surface area contributed by atoms with Gasteiger partial charge in [0.05, 0.1) is 0 Å². The van der Waals surface area contributed by atoms with E-state index in [1.54, 1.807) is 0 Å². The van der Waals surface area contributed by atoms with Gasteiger partial charge in [-0.3, -0.25) is 0 Å². The molecule has 9 heteroatoms. The molecule has 182 valence electrons. The van der Waals surface area contributed by atoms with Gasteiger partial charge in [-0.25, -0.2) is 22.0 Å². The number of halogens is 7. The third-order valence-corrected chi connectivity index (χ3v) is 5.98. The molecule has 1 saturated carbocycles. The van der Waals surface area contributed by atoms with Crippen LogP contribution in [0.3, 0.4) is 0 Å². The summed E-state index contributed by atoms with van der Waals surface area (Å²) in [6.07, 6.45) is 0.449. The van der Waals surface area contributed by atoms with Gasteiger partial charge in [-0.1, -0.05) is 0 Å². The average molecular weight is 478 g/mol. The van der Waals surface area contributed by atoms with Crippen LogP contribution in [0.25, 0.3) is 0 Å². The predicted octanol–water partition coefficient (Wildman–Crippen LogP) is 7.60. The van der Waals surface area contributed by atoms with E-state index >= 15 is 0 Å². The number of rotatable bonds is 9. The van der Waals surface area contributed by atoms with Gasteiger partial charge in [0, 0.05) is 25.3 Å². The van der Waals surface area contributed by atoms with Crippen LogP contribution in [0.15, 0.2) is 24.3 Å². The molecule has 3 rings (SSSR count). The lowest BCUT2D eigenvalue weighted by Gasteiger charge is -2.29. The second kappa shape index (κ2) is 10.8. The highest BCUT2D eigenvalue weighted by atomic mass is 19.3. The first-order chi connectivity index (χ1) is 15.6. The van der Waals surface area contributed by atoms with Crippen LogP contribution in [-0.2, 0) is 10.8 Å². The zero-order valence-electron chi connectivity index (χ0n) is 18.1. The van der Waals surface area contributed by atoms with Crippen molar-refractivity contribution in [3.63, 3.8) is 0 Å². The summed E-state index contributed by atoms with van der Waals surface area (Å²) in [6, 6.07) is 2.04. The smallest absolute Gasteiger partial charge is 0.429 e. The highest BCUT2D eigenvalue weighted by molar-refractivity contribution is 5.33. The third-order valence-electron chi connectivity index (χ3n) is 5.98. The summed E-state index contributed by atoms with van der Waals surface area (Å²) < 4.78 is 107. The molecule has 0 amide bonds. The first kappa shape index (κ1) is 25.3. The predicted molar refractivity (Wildman–Crippen MR) is 108 cm³/mol. The molecule has 0 aromatic heterocycles. The fourth-order valence-electron chi connectivity index (χ4n) is 4.30. The molecule has 0 heterocycles. The van der Waals surface area contributed by atoms with Crippen LogP contribution in [0.2, 0.25) is 0 Å². The molecule has 0 N–H and O–H groups in total. The fourth-order valence-corrected chi connectivity index (χ4v) is 4.30. The normalized spacial score (nSPS) is 19.0. The van der Waals surface area contributed by atoms with E-state index in [9.17, 15) is 30.7 Å². The Morgan fingerprint density at radius 1 is 0.848 bits per heavy atom. The molecular formula is C24H25F7O2. The Morgan fingerprint density at radius 2 is 1.42 bits per heavy atom. The number of hydrogen-bond acceptors (Lipinski definition) is 2. The summed E-state index contributed by atoms with van der Waals surface area (Å²) in [6.45, 7) is 3.29. The molecule has 0 aliphatic heterocycles. The van der Waals surface area contributed by atoms with Crippen LogP contribution in [-0.4, -0.2) is 13.2 Å². The van der Waals surface area contributed by atoms with Gasteiger partial charge in [0.25, 0.3) is 0 Å². The van der Waals surface area contributed by atoms with E-state index < -0.39 is 46.5 Å². The molecule has 0 bridgehead atoms. The SMILES string of the molecule is CCOCCCC1CCC(c2cc(F)c(C(F)(F)Oc3cc(F)c(F)c(F)c3)c(F)c2)CC1. The molecule has 1 aliphatic rings. The van der Waals surface area contributed by atoms with Crippen LogP contribution in [0.1, 0.15) is 62.5 Å². The lowest BCUT2D eigenvalue weighted by Crippen LogP contribution is -2.26. The summed E-state index contributed by atoms with van der Waals surface area (Å²) in [5, 5.41) is 0. The largest absolute Gasteiger partial charge is 0.432 e. The zero-order valence-corrected chi connectivity index (χ0v) is 18.1. The molecule has 33 heavy (non-hydrogen) atoms. The van der Waals surface area contributed by atoms with Crippen LogP contribution < -0.4 is 4.74 Å². The second-order valence-corrected chi connectivity index (χ2v) is 8.24. The Bertz CT molecular complexity index is 910. The third kappa shape index (κ3) is 6.19. The molecule has 0 atom stereocenters. The Kier molecular flexibility index (Phi) is 8.26. The Balaban J connectivity index is 1.70. The van der Waals surface area contributed by atoms with Crippen LogP contribution in [0, 0.1) is 35.0 Å². The molecule has 0 unspecified atom stereocenters. The van der Waals surface area contributed by atoms with Gasteiger partial charge in [-0.05, 0) is 75.0 Å². The van der Waals surface area contributed by atoms with Crippen LogP contribution >= 0.6 is 0 Å². The highest BCUT2D eigenvalue weighted by Crippen LogP contribution is 2.41. The van der Waals surface area contributed by atoms with Crippen LogP contribution in [0.5, 0.6) is 5.75 Å². The number of alkyl halides is 2. The van der Waals surface area contributed by atoms with Gasteiger partial charge >= 0.3 is 6.11 Å². The van der Waals surface area contributed by atoms with Gasteiger partial charge in [0.1, 0.15) is 22.9 Å². The highest BCUT2D eigenvalue weighted by Gasteiger charge is 2.42. The first-order valence-electron chi connectivity index (χ1n) is 10.9. The van der Waals surface area contributed by atoms with Crippen molar-refractivity contribution in [2.24, 2.45) is 5.92 Å². The minimum absolute atomic E-state index is 0.166. The molecule has 0 saturated heterocycles.